The van der Waals surface area contributed by atoms with Crippen molar-refractivity contribution in [3.63, 3.8) is 0 Å². The molecule has 1 aromatic heterocycles. The topological polar surface area (TPSA) is 49.5 Å². The Bertz CT molecular complexity index is 789. The van der Waals surface area contributed by atoms with Gasteiger partial charge in [-0.2, -0.15) is 0 Å². The molecule has 1 N–H and O–H groups in total. The van der Waals surface area contributed by atoms with Crippen molar-refractivity contribution in [1.29, 1.82) is 0 Å². The summed E-state index contributed by atoms with van der Waals surface area (Å²) in [6, 6.07) is 19.0. The van der Waals surface area contributed by atoms with Crippen LogP contribution in [-0.2, 0) is 26.0 Å². The van der Waals surface area contributed by atoms with E-state index in [0.29, 0.717) is 12.6 Å². The highest BCUT2D eigenvalue weighted by atomic mass is 16.5. The highest BCUT2D eigenvalue weighted by Gasteiger charge is 2.27. The number of hydrogen-bond donors (Lipinski definition) is 1. The van der Waals surface area contributed by atoms with E-state index in [1.807, 2.05) is 18.2 Å². The lowest BCUT2D eigenvalue weighted by atomic mass is 10.1. The molecule has 4 heteroatoms. The fourth-order valence-corrected chi connectivity index (χ4v) is 3.51. The molecular weight excluding hydrogens is 300 g/mol. The Hall–Kier alpha value is -2.59. The van der Waals surface area contributed by atoms with Crippen molar-refractivity contribution in [2.24, 2.45) is 0 Å². The quantitative estimate of drug-likeness (QED) is 0.783. The lowest BCUT2D eigenvalue weighted by Gasteiger charge is -2.31. The molecule has 24 heavy (non-hydrogen) atoms. The predicted octanol–water partition coefficient (Wildman–Crippen LogP) is 3.34. The van der Waals surface area contributed by atoms with Gasteiger partial charge in [0.1, 0.15) is 12.0 Å². The first-order valence-corrected chi connectivity index (χ1v) is 8.26. The van der Waals surface area contributed by atoms with E-state index < -0.39 is 0 Å². The van der Waals surface area contributed by atoms with Crippen LogP contribution in [0.4, 0.5) is 5.69 Å². The minimum Gasteiger partial charge on any atom is -0.392 e. The molecule has 3 aromatic rings. The number of hydrogen-bond acceptors (Lipinski definition) is 4. The van der Waals surface area contributed by atoms with Crippen molar-refractivity contribution in [2.45, 2.75) is 32.0 Å². The highest BCUT2D eigenvalue weighted by molar-refractivity contribution is 5.52. The van der Waals surface area contributed by atoms with Crippen LogP contribution >= 0.6 is 0 Å². The SMILES string of the molecule is OCc1cccc(N(Cc2ccon2)C2Cc3ccccc3C2)c1. The van der Waals surface area contributed by atoms with E-state index in [1.54, 1.807) is 6.26 Å². The normalized spacial score (nSPS) is 13.9. The molecule has 4 rings (SSSR count). The second-order valence-electron chi connectivity index (χ2n) is 6.28. The van der Waals surface area contributed by atoms with Gasteiger partial charge in [0, 0.05) is 17.8 Å². The molecule has 1 aliphatic carbocycles. The third-order valence-electron chi connectivity index (χ3n) is 4.72. The molecule has 0 radical (unpaired) electrons. The van der Waals surface area contributed by atoms with Crippen molar-refractivity contribution in [2.75, 3.05) is 4.90 Å². The Morgan fingerprint density at radius 1 is 1.04 bits per heavy atom. The maximum atomic E-state index is 9.46. The van der Waals surface area contributed by atoms with Crippen LogP contribution in [0.5, 0.6) is 0 Å². The van der Waals surface area contributed by atoms with Gasteiger partial charge < -0.3 is 14.5 Å². The number of rotatable bonds is 5. The molecule has 1 aliphatic rings. The number of aliphatic hydroxyl groups excluding tert-OH is 1. The standard InChI is InChI=1S/C20H20N2O2/c23-14-15-4-3-7-19(10-15)22(13-18-8-9-24-21-18)20-11-16-5-1-2-6-17(16)12-20/h1-10,20,23H,11-14H2. The summed E-state index contributed by atoms with van der Waals surface area (Å²) in [5, 5.41) is 13.5. The van der Waals surface area contributed by atoms with Gasteiger partial charge in [-0.05, 0) is 41.7 Å². The van der Waals surface area contributed by atoms with Crippen molar-refractivity contribution >= 4 is 5.69 Å². The average Bonchev–Trinajstić information content (AvgIpc) is 3.28. The molecule has 0 saturated carbocycles. The van der Waals surface area contributed by atoms with E-state index in [4.69, 9.17) is 4.52 Å². The van der Waals surface area contributed by atoms with E-state index in [-0.39, 0.29) is 6.61 Å². The fraction of sp³-hybridized carbons (Fsp3) is 0.250. The van der Waals surface area contributed by atoms with Gasteiger partial charge in [-0.1, -0.05) is 41.6 Å². The molecular formula is C20H20N2O2. The Kier molecular flexibility index (Phi) is 4.05. The molecule has 0 saturated heterocycles. The molecule has 0 aliphatic heterocycles. The number of anilines is 1. The first kappa shape index (κ1) is 15.0. The van der Waals surface area contributed by atoms with Crippen molar-refractivity contribution in [3.05, 3.63) is 83.2 Å². The van der Waals surface area contributed by atoms with Gasteiger partial charge in [-0.25, -0.2) is 0 Å². The van der Waals surface area contributed by atoms with Crippen LogP contribution in [0.25, 0.3) is 0 Å². The van der Waals surface area contributed by atoms with Gasteiger partial charge in [0.2, 0.25) is 0 Å². The van der Waals surface area contributed by atoms with Crippen molar-refractivity contribution in [1.82, 2.24) is 5.16 Å². The second-order valence-corrected chi connectivity index (χ2v) is 6.28. The van der Waals surface area contributed by atoms with Crippen LogP contribution in [0.2, 0.25) is 0 Å². The van der Waals surface area contributed by atoms with Gasteiger partial charge in [-0.15, -0.1) is 0 Å². The minimum atomic E-state index is 0.0521. The number of aromatic nitrogens is 1. The molecule has 4 nitrogen and oxygen atoms in total. The van der Waals surface area contributed by atoms with Crippen LogP contribution in [0.3, 0.4) is 0 Å². The minimum absolute atomic E-state index is 0.0521. The smallest absolute Gasteiger partial charge is 0.124 e. The molecule has 0 fully saturated rings. The summed E-state index contributed by atoms with van der Waals surface area (Å²) in [5.41, 5.74) is 5.80. The molecule has 0 atom stereocenters. The highest BCUT2D eigenvalue weighted by Crippen LogP contribution is 2.30. The van der Waals surface area contributed by atoms with E-state index in [1.165, 1.54) is 11.1 Å². The summed E-state index contributed by atoms with van der Waals surface area (Å²) in [6.07, 6.45) is 3.66. The zero-order valence-corrected chi connectivity index (χ0v) is 13.4. The monoisotopic (exact) mass is 320 g/mol. The molecule has 2 aromatic carbocycles. The maximum Gasteiger partial charge on any atom is 0.124 e. The van der Waals surface area contributed by atoms with E-state index in [9.17, 15) is 5.11 Å². The first-order valence-electron chi connectivity index (χ1n) is 8.26. The summed E-state index contributed by atoms with van der Waals surface area (Å²) in [7, 11) is 0. The van der Waals surface area contributed by atoms with Gasteiger partial charge in [0.15, 0.2) is 0 Å². The largest absolute Gasteiger partial charge is 0.392 e. The summed E-state index contributed by atoms with van der Waals surface area (Å²) in [5.74, 6) is 0. The summed E-state index contributed by atoms with van der Waals surface area (Å²) >= 11 is 0. The molecule has 0 unspecified atom stereocenters. The predicted molar refractivity (Wildman–Crippen MR) is 92.7 cm³/mol. The summed E-state index contributed by atoms with van der Waals surface area (Å²) in [4.78, 5) is 2.37. The van der Waals surface area contributed by atoms with Crippen molar-refractivity contribution in [3.8, 4) is 0 Å². The van der Waals surface area contributed by atoms with Crippen molar-refractivity contribution < 1.29 is 9.63 Å². The van der Waals surface area contributed by atoms with Crippen LogP contribution in [0.1, 0.15) is 22.4 Å². The molecule has 0 bridgehead atoms. The Morgan fingerprint density at radius 3 is 2.50 bits per heavy atom. The van der Waals surface area contributed by atoms with Gasteiger partial charge >= 0.3 is 0 Å². The van der Waals surface area contributed by atoms with Crippen LogP contribution in [0.15, 0.2) is 65.4 Å². The second kappa shape index (κ2) is 6.49. The average molecular weight is 320 g/mol. The third kappa shape index (κ3) is 2.93. The molecule has 122 valence electrons. The zero-order valence-electron chi connectivity index (χ0n) is 13.4. The maximum absolute atomic E-state index is 9.46. The number of benzene rings is 2. The van der Waals surface area contributed by atoms with Gasteiger partial charge in [-0.3, -0.25) is 0 Å². The fourth-order valence-electron chi connectivity index (χ4n) is 3.51. The van der Waals surface area contributed by atoms with E-state index in [0.717, 1.165) is 29.8 Å². The number of fused-ring (bicyclic) bond motifs is 1. The zero-order chi connectivity index (χ0) is 16.4. The molecule has 1 heterocycles. The molecule has 0 amide bonds. The van der Waals surface area contributed by atoms with Crippen LogP contribution in [0, 0.1) is 0 Å². The lowest BCUT2D eigenvalue weighted by Crippen LogP contribution is -2.35. The van der Waals surface area contributed by atoms with E-state index >= 15 is 0 Å². The Balaban J connectivity index is 1.66. The van der Waals surface area contributed by atoms with Crippen LogP contribution in [-0.4, -0.2) is 16.3 Å². The number of aliphatic hydroxyl groups is 1. The lowest BCUT2D eigenvalue weighted by molar-refractivity contribution is 0.282. The van der Waals surface area contributed by atoms with E-state index in [2.05, 4.69) is 46.5 Å². The summed E-state index contributed by atoms with van der Waals surface area (Å²) < 4.78 is 5.00. The first-order chi connectivity index (χ1) is 11.8. The summed E-state index contributed by atoms with van der Waals surface area (Å²) in [6.45, 7) is 0.751. The van der Waals surface area contributed by atoms with Gasteiger partial charge in [0.05, 0.1) is 13.2 Å². The molecule has 0 spiro atoms. The Labute approximate surface area is 141 Å². The Morgan fingerprint density at radius 2 is 1.83 bits per heavy atom. The number of nitrogens with zero attached hydrogens (tertiary/aromatic N) is 2. The third-order valence-corrected chi connectivity index (χ3v) is 4.72. The van der Waals surface area contributed by atoms with Crippen LogP contribution < -0.4 is 4.90 Å². The van der Waals surface area contributed by atoms with Gasteiger partial charge in [0.25, 0.3) is 0 Å².